The Hall–Kier alpha value is -0.580. The van der Waals surface area contributed by atoms with Crippen LogP contribution in [0.2, 0.25) is 0 Å². The average Bonchev–Trinajstić information content (AvgIpc) is 2.47. The minimum absolute atomic E-state index is 0. The van der Waals surface area contributed by atoms with E-state index >= 15 is 0 Å². The molecule has 0 aromatic rings. The SMILES string of the molecule is C=CCOC(=O)[C@@H]1C[C@H](O)CN1.Cl. The first-order chi connectivity index (χ1) is 5.74. The molecule has 1 rings (SSSR count). The van der Waals surface area contributed by atoms with Gasteiger partial charge in [0, 0.05) is 13.0 Å². The fourth-order valence-corrected chi connectivity index (χ4v) is 1.14. The topological polar surface area (TPSA) is 58.6 Å². The number of ether oxygens (including phenoxy) is 1. The molecule has 4 nitrogen and oxygen atoms in total. The van der Waals surface area contributed by atoms with Crippen LogP contribution in [0.3, 0.4) is 0 Å². The van der Waals surface area contributed by atoms with Gasteiger partial charge in [-0.3, -0.25) is 4.79 Å². The van der Waals surface area contributed by atoms with Crippen LogP contribution in [-0.2, 0) is 9.53 Å². The summed E-state index contributed by atoms with van der Waals surface area (Å²) < 4.78 is 4.79. The second-order valence-corrected chi connectivity index (χ2v) is 2.77. The van der Waals surface area contributed by atoms with Crippen molar-refractivity contribution in [3.63, 3.8) is 0 Å². The van der Waals surface area contributed by atoms with Gasteiger partial charge in [0.2, 0.25) is 0 Å². The maximum Gasteiger partial charge on any atom is 0.323 e. The molecule has 13 heavy (non-hydrogen) atoms. The Labute approximate surface area is 83.4 Å². The van der Waals surface area contributed by atoms with Crippen molar-refractivity contribution < 1.29 is 14.6 Å². The minimum Gasteiger partial charge on any atom is -0.460 e. The summed E-state index contributed by atoms with van der Waals surface area (Å²) in [5.41, 5.74) is 0. The van der Waals surface area contributed by atoms with Gasteiger partial charge in [0.05, 0.1) is 6.10 Å². The zero-order valence-electron chi connectivity index (χ0n) is 7.23. The highest BCUT2D eigenvalue weighted by Gasteiger charge is 2.28. The van der Waals surface area contributed by atoms with Crippen LogP contribution >= 0.6 is 12.4 Å². The number of carbonyl (C=O) groups excluding carboxylic acids is 1. The molecule has 0 spiro atoms. The largest absolute Gasteiger partial charge is 0.460 e. The number of hydrogen-bond acceptors (Lipinski definition) is 4. The maximum atomic E-state index is 11.1. The monoisotopic (exact) mass is 207 g/mol. The van der Waals surface area contributed by atoms with Crippen LogP contribution in [0.5, 0.6) is 0 Å². The number of carbonyl (C=O) groups is 1. The molecule has 2 atom stereocenters. The maximum absolute atomic E-state index is 11.1. The highest BCUT2D eigenvalue weighted by Crippen LogP contribution is 2.07. The van der Waals surface area contributed by atoms with Gasteiger partial charge in [-0.1, -0.05) is 12.7 Å². The molecule has 0 saturated carbocycles. The van der Waals surface area contributed by atoms with Crippen molar-refractivity contribution >= 4 is 18.4 Å². The second-order valence-electron chi connectivity index (χ2n) is 2.77. The Balaban J connectivity index is 0.00000144. The third-order valence-electron chi connectivity index (χ3n) is 1.74. The van der Waals surface area contributed by atoms with Crippen LogP contribution in [-0.4, -0.2) is 36.4 Å². The van der Waals surface area contributed by atoms with Gasteiger partial charge in [0.25, 0.3) is 0 Å². The van der Waals surface area contributed by atoms with E-state index in [0.29, 0.717) is 13.0 Å². The van der Waals surface area contributed by atoms with Gasteiger partial charge in [-0.25, -0.2) is 0 Å². The Morgan fingerprint density at radius 1 is 1.77 bits per heavy atom. The first-order valence-electron chi connectivity index (χ1n) is 3.93. The molecular formula is C8H14ClNO3. The van der Waals surface area contributed by atoms with Crippen molar-refractivity contribution in [1.29, 1.82) is 0 Å². The number of β-amino-alcohol motifs (C(OH)–C–C–N with tert-alkyl or cyclic N) is 1. The standard InChI is InChI=1S/C8H13NO3.ClH/c1-2-3-12-8(11)7-4-6(10)5-9-7;/h2,6-7,9-10H,1,3-5H2;1H/t6-,7-;/m0./s1. The molecule has 1 heterocycles. The van der Waals surface area contributed by atoms with Crippen molar-refractivity contribution in [2.75, 3.05) is 13.2 Å². The third kappa shape index (κ3) is 3.76. The first-order valence-corrected chi connectivity index (χ1v) is 3.93. The molecule has 0 radical (unpaired) electrons. The van der Waals surface area contributed by atoms with E-state index in [-0.39, 0.29) is 31.0 Å². The number of rotatable bonds is 3. The van der Waals surface area contributed by atoms with E-state index in [1.165, 1.54) is 6.08 Å². The van der Waals surface area contributed by atoms with E-state index in [1.807, 2.05) is 0 Å². The van der Waals surface area contributed by atoms with Gasteiger partial charge in [-0.15, -0.1) is 12.4 Å². The number of hydrogen-bond donors (Lipinski definition) is 2. The lowest BCUT2D eigenvalue weighted by Crippen LogP contribution is -2.32. The summed E-state index contributed by atoms with van der Waals surface area (Å²) in [6, 6.07) is -0.347. The van der Waals surface area contributed by atoms with Crippen molar-refractivity contribution in [1.82, 2.24) is 5.32 Å². The lowest BCUT2D eigenvalue weighted by Gasteiger charge is -2.07. The van der Waals surface area contributed by atoms with Gasteiger partial charge in [-0.05, 0) is 0 Å². The Morgan fingerprint density at radius 3 is 2.92 bits per heavy atom. The summed E-state index contributed by atoms with van der Waals surface area (Å²) in [6.07, 6.45) is 1.53. The Morgan fingerprint density at radius 2 is 2.46 bits per heavy atom. The molecule has 1 saturated heterocycles. The predicted octanol–water partition coefficient (Wildman–Crippen LogP) is -0.140. The minimum atomic E-state index is -0.425. The van der Waals surface area contributed by atoms with E-state index in [9.17, 15) is 4.79 Å². The molecule has 1 aliphatic rings. The molecule has 0 amide bonds. The van der Waals surface area contributed by atoms with E-state index in [1.54, 1.807) is 0 Å². The highest BCUT2D eigenvalue weighted by molar-refractivity contribution is 5.85. The molecule has 0 aromatic heterocycles. The van der Waals surface area contributed by atoms with Crippen molar-refractivity contribution in [2.24, 2.45) is 0 Å². The average molecular weight is 208 g/mol. The number of nitrogens with one attached hydrogen (secondary N) is 1. The summed E-state index contributed by atoms with van der Waals surface area (Å²) in [5.74, 6) is -0.313. The molecule has 0 bridgehead atoms. The summed E-state index contributed by atoms with van der Waals surface area (Å²) in [5, 5.41) is 11.9. The number of aliphatic hydroxyl groups excluding tert-OH is 1. The van der Waals surface area contributed by atoms with Crippen LogP contribution in [0.25, 0.3) is 0 Å². The Bertz CT molecular complexity index is 186. The highest BCUT2D eigenvalue weighted by atomic mass is 35.5. The van der Waals surface area contributed by atoms with Crippen LogP contribution < -0.4 is 5.32 Å². The normalized spacial score (nSPS) is 26.2. The molecule has 76 valence electrons. The zero-order chi connectivity index (χ0) is 8.97. The fourth-order valence-electron chi connectivity index (χ4n) is 1.14. The van der Waals surface area contributed by atoms with E-state index in [4.69, 9.17) is 9.84 Å². The van der Waals surface area contributed by atoms with Gasteiger partial charge < -0.3 is 15.2 Å². The smallest absolute Gasteiger partial charge is 0.323 e. The lowest BCUT2D eigenvalue weighted by molar-refractivity contribution is -0.144. The molecule has 0 aliphatic carbocycles. The van der Waals surface area contributed by atoms with Crippen molar-refractivity contribution in [2.45, 2.75) is 18.6 Å². The van der Waals surface area contributed by atoms with E-state index in [0.717, 1.165) is 0 Å². The molecule has 5 heteroatoms. The molecule has 0 unspecified atom stereocenters. The quantitative estimate of drug-likeness (QED) is 0.500. The van der Waals surface area contributed by atoms with Gasteiger partial charge in [0.1, 0.15) is 12.6 Å². The predicted molar refractivity (Wildman–Crippen MR) is 50.8 cm³/mol. The lowest BCUT2D eigenvalue weighted by atomic mass is 10.2. The zero-order valence-corrected chi connectivity index (χ0v) is 8.05. The summed E-state index contributed by atoms with van der Waals surface area (Å²) >= 11 is 0. The van der Waals surface area contributed by atoms with E-state index < -0.39 is 6.10 Å². The summed E-state index contributed by atoms with van der Waals surface area (Å²) in [7, 11) is 0. The Kier molecular flexibility index (Phi) is 5.70. The van der Waals surface area contributed by atoms with Crippen LogP contribution in [0.1, 0.15) is 6.42 Å². The number of esters is 1. The summed E-state index contributed by atoms with van der Waals surface area (Å²) in [6.45, 7) is 4.12. The van der Waals surface area contributed by atoms with Gasteiger partial charge in [-0.2, -0.15) is 0 Å². The molecule has 0 aromatic carbocycles. The van der Waals surface area contributed by atoms with Gasteiger partial charge >= 0.3 is 5.97 Å². The molecule has 1 aliphatic heterocycles. The van der Waals surface area contributed by atoms with E-state index in [2.05, 4.69) is 11.9 Å². The third-order valence-corrected chi connectivity index (χ3v) is 1.74. The number of aliphatic hydroxyl groups is 1. The van der Waals surface area contributed by atoms with Crippen LogP contribution in [0, 0.1) is 0 Å². The number of halogens is 1. The molecule has 2 N–H and O–H groups in total. The summed E-state index contributed by atoms with van der Waals surface area (Å²) in [4.78, 5) is 11.1. The van der Waals surface area contributed by atoms with Crippen LogP contribution in [0.15, 0.2) is 12.7 Å². The van der Waals surface area contributed by atoms with Crippen molar-refractivity contribution in [3.8, 4) is 0 Å². The second kappa shape index (κ2) is 5.96. The molecular weight excluding hydrogens is 194 g/mol. The van der Waals surface area contributed by atoms with Crippen molar-refractivity contribution in [3.05, 3.63) is 12.7 Å². The first kappa shape index (κ1) is 12.4. The van der Waals surface area contributed by atoms with Crippen LogP contribution in [0.4, 0.5) is 0 Å². The molecule has 1 fully saturated rings. The van der Waals surface area contributed by atoms with Gasteiger partial charge in [0.15, 0.2) is 0 Å². The fraction of sp³-hybridized carbons (Fsp3) is 0.625.